The molecule has 0 saturated heterocycles. The summed E-state index contributed by atoms with van der Waals surface area (Å²) in [5.41, 5.74) is 4.17. The standard InChI is InChI=1S/C29H29ClN4O3/c1-19-14-21(22-17-32-34(18-22)23-8-6-5-7-9-23)16-31-27(19)33-28(36)24-15-20(10-12-25(24)30)11-13-26(35)37-29(2,3)4/h5-10,12,14-18H,11,13H2,1-4H3,(H,31,33,36). The summed E-state index contributed by atoms with van der Waals surface area (Å²) in [5, 5.41) is 7.61. The van der Waals surface area contributed by atoms with Gasteiger partial charge in [-0.15, -0.1) is 0 Å². The van der Waals surface area contributed by atoms with Crippen molar-refractivity contribution in [3.05, 3.63) is 94.9 Å². The van der Waals surface area contributed by atoms with Gasteiger partial charge in [0.1, 0.15) is 11.4 Å². The quantitative estimate of drug-likeness (QED) is 0.286. The third-order valence-corrected chi connectivity index (χ3v) is 5.89. The summed E-state index contributed by atoms with van der Waals surface area (Å²) in [6, 6.07) is 17.0. The molecule has 0 saturated carbocycles. The van der Waals surface area contributed by atoms with E-state index in [9.17, 15) is 9.59 Å². The van der Waals surface area contributed by atoms with Crippen LogP contribution >= 0.6 is 11.6 Å². The molecule has 0 spiro atoms. The Bertz CT molecular complexity index is 1420. The minimum absolute atomic E-state index is 0.211. The van der Waals surface area contributed by atoms with E-state index >= 15 is 0 Å². The van der Waals surface area contributed by atoms with Crippen LogP contribution in [0.25, 0.3) is 16.8 Å². The Morgan fingerprint density at radius 1 is 1.03 bits per heavy atom. The third-order valence-electron chi connectivity index (χ3n) is 5.56. The second-order valence-electron chi connectivity index (χ2n) is 9.75. The van der Waals surface area contributed by atoms with Crippen LogP contribution < -0.4 is 5.32 Å². The Morgan fingerprint density at radius 2 is 1.78 bits per heavy atom. The van der Waals surface area contributed by atoms with Gasteiger partial charge >= 0.3 is 5.97 Å². The summed E-state index contributed by atoms with van der Waals surface area (Å²) in [6.07, 6.45) is 6.07. The number of hydrogen-bond donors (Lipinski definition) is 1. The molecule has 37 heavy (non-hydrogen) atoms. The van der Waals surface area contributed by atoms with E-state index in [4.69, 9.17) is 16.3 Å². The number of para-hydroxylation sites is 1. The molecule has 190 valence electrons. The van der Waals surface area contributed by atoms with Crippen molar-refractivity contribution in [1.29, 1.82) is 0 Å². The highest BCUT2D eigenvalue weighted by Gasteiger charge is 2.18. The number of anilines is 1. The summed E-state index contributed by atoms with van der Waals surface area (Å²) in [5.74, 6) is -0.216. The van der Waals surface area contributed by atoms with Gasteiger partial charge in [-0.05, 0) is 75.6 Å². The molecule has 0 aliphatic heterocycles. The number of halogens is 1. The number of benzene rings is 2. The molecule has 7 nitrogen and oxygen atoms in total. The molecule has 0 aliphatic carbocycles. The van der Waals surface area contributed by atoms with Crippen LogP contribution in [0.15, 0.2) is 73.2 Å². The first kappa shape index (κ1) is 26.1. The van der Waals surface area contributed by atoms with Gasteiger partial charge in [-0.25, -0.2) is 9.67 Å². The highest BCUT2D eigenvalue weighted by molar-refractivity contribution is 6.34. The van der Waals surface area contributed by atoms with Gasteiger partial charge in [0.05, 0.1) is 22.5 Å². The Hall–Kier alpha value is -3.97. The van der Waals surface area contributed by atoms with Gasteiger partial charge in [-0.1, -0.05) is 35.9 Å². The lowest BCUT2D eigenvalue weighted by molar-refractivity contribution is -0.154. The first-order chi connectivity index (χ1) is 17.6. The fourth-order valence-corrected chi connectivity index (χ4v) is 3.98. The summed E-state index contributed by atoms with van der Waals surface area (Å²) < 4.78 is 7.16. The molecule has 2 heterocycles. The normalized spacial score (nSPS) is 11.3. The molecule has 1 N–H and O–H groups in total. The van der Waals surface area contributed by atoms with E-state index in [1.165, 1.54) is 0 Å². The molecule has 0 bridgehead atoms. The van der Waals surface area contributed by atoms with E-state index in [-0.39, 0.29) is 18.3 Å². The van der Waals surface area contributed by atoms with Crippen molar-refractivity contribution in [2.45, 2.75) is 46.1 Å². The summed E-state index contributed by atoms with van der Waals surface area (Å²) in [4.78, 5) is 29.6. The maximum absolute atomic E-state index is 13.0. The molecule has 4 rings (SSSR count). The van der Waals surface area contributed by atoms with Crippen molar-refractivity contribution in [3.63, 3.8) is 0 Å². The van der Waals surface area contributed by atoms with Gasteiger partial charge in [-0.3, -0.25) is 9.59 Å². The molecule has 0 atom stereocenters. The van der Waals surface area contributed by atoms with Crippen LogP contribution in [0, 0.1) is 6.92 Å². The first-order valence-electron chi connectivity index (χ1n) is 12.0. The van der Waals surface area contributed by atoms with Crippen LogP contribution in [-0.2, 0) is 16.0 Å². The van der Waals surface area contributed by atoms with Crippen molar-refractivity contribution < 1.29 is 14.3 Å². The largest absolute Gasteiger partial charge is 0.460 e. The van der Waals surface area contributed by atoms with Gasteiger partial charge in [0.25, 0.3) is 5.91 Å². The number of nitrogens with zero attached hydrogens (tertiary/aromatic N) is 3. The van der Waals surface area contributed by atoms with Crippen molar-refractivity contribution >= 4 is 29.3 Å². The maximum Gasteiger partial charge on any atom is 0.306 e. The lowest BCUT2D eigenvalue weighted by Crippen LogP contribution is -2.24. The van der Waals surface area contributed by atoms with Gasteiger partial charge in [0, 0.05) is 29.9 Å². The average molecular weight is 517 g/mol. The van der Waals surface area contributed by atoms with Crippen LogP contribution in [0.2, 0.25) is 5.02 Å². The van der Waals surface area contributed by atoms with Crippen molar-refractivity contribution in [2.75, 3.05) is 5.32 Å². The van der Waals surface area contributed by atoms with Gasteiger partial charge in [0.2, 0.25) is 0 Å². The topological polar surface area (TPSA) is 86.1 Å². The lowest BCUT2D eigenvalue weighted by atomic mass is 10.1. The van der Waals surface area contributed by atoms with E-state index in [2.05, 4.69) is 15.4 Å². The van der Waals surface area contributed by atoms with Crippen LogP contribution in [0.3, 0.4) is 0 Å². The number of carbonyl (C=O) groups excluding carboxylic acids is 2. The fourth-order valence-electron chi connectivity index (χ4n) is 3.77. The summed E-state index contributed by atoms with van der Waals surface area (Å²) in [6.45, 7) is 7.37. The predicted molar refractivity (Wildman–Crippen MR) is 145 cm³/mol. The monoisotopic (exact) mass is 516 g/mol. The van der Waals surface area contributed by atoms with E-state index < -0.39 is 5.60 Å². The first-order valence-corrected chi connectivity index (χ1v) is 12.4. The number of nitrogens with one attached hydrogen (secondary N) is 1. The minimum atomic E-state index is -0.537. The number of pyridine rings is 1. The number of amides is 1. The Labute approximate surface area is 221 Å². The van der Waals surface area contributed by atoms with Crippen molar-refractivity contribution in [1.82, 2.24) is 14.8 Å². The predicted octanol–water partition coefficient (Wildman–Crippen LogP) is 6.42. The van der Waals surface area contributed by atoms with E-state index in [1.54, 1.807) is 35.3 Å². The van der Waals surface area contributed by atoms with E-state index in [0.29, 0.717) is 22.8 Å². The highest BCUT2D eigenvalue weighted by Crippen LogP contribution is 2.25. The molecule has 0 unspecified atom stereocenters. The molecule has 2 aromatic heterocycles. The lowest BCUT2D eigenvalue weighted by Gasteiger charge is -2.19. The maximum atomic E-state index is 13.0. The Kier molecular flexibility index (Phi) is 7.74. The SMILES string of the molecule is Cc1cc(-c2cnn(-c3ccccc3)c2)cnc1NC(=O)c1cc(CCC(=O)OC(C)(C)C)ccc1Cl. The zero-order valence-corrected chi connectivity index (χ0v) is 22.0. The molecular weight excluding hydrogens is 488 g/mol. The molecule has 0 aliphatic rings. The van der Waals surface area contributed by atoms with Crippen LogP contribution in [-0.4, -0.2) is 32.2 Å². The van der Waals surface area contributed by atoms with Crippen molar-refractivity contribution in [2.24, 2.45) is 0 Å². The summed E-state index contributed by atoms with van der Waals surface area (Å²) in [7, 11) is 0. The molecule has 4 aromatic rings. The number of rotatable bonds is 7. The minimum Gasteiger partial charge on any atom is -0.460 e. The number of hydrogen-bond acceptors (Lipinski definition) is 5. The second-order valence-corrected chi connectivity index (χ2v) is 10.2. The Morgan fingerprint density at radius 3 is 2.49 bits per heavy atom. The molecular formula is C29H29ClN4O3. The molecule has 8 heteroatoms. The van der Waals surface area contributed by atoms with Gasteiger partial charge < -0.3 is 10.1 Å². The third kappa shape index (κ3) is 6.83. The number of ether oxygens (including phenoxy) is 1. The summed E-state index contributed by atoms with van der Waals surface area (Å²) >= 11 is 6.32. The van der Waals surface area contributed by atoms with Gasteiger partial charge in [0.15, 0.2) is 0 Å². The molecule has 2 aromatic carbocycles. The van der Waals surface area contributed by atoms with E-state index in [0.717, 1.165) is 27.9 Å². The molecule has 1 amide bonds. The van der Waals surface area contributed by atoms with Crippen LogP contribution in [0.1, 0.15) is 48.7 Å². The number of aromatic nitrogens is 3. The number of esters is 1. The van der Waals surface area contributed by atoms with Crippen molar-refractivity contribution in [3.8, 4) is 16.8 Å². The molecule has 0 fully saturated rings. The van der Waals surface area contributed by atoms with E-state index in [1.807, 2.05) is 70.3 Å². The molecule has 0 radical (unpaired) electrons. The smallest absolute Gasteiger partial charge is 0.306 e. The zero-order chi connectivity index (χ0) is 26.6. The zero-order valence-electron chi connectivity index (χ0n) is 21.3. The average Bonchev–Trinajstić information content (AvgIpc) is 3.34. The van der Waals surface area contributed by atoms with Crippen LogP contribution in [0.4, 0.5) is 5.82 Å². The second kappa shape index (κ2) is 11.0. The number of aryl methyl sites for hydroxylation is 2. The number of carbonyl (C=O) groups is 2. The fraction of sp³-hybridized carbons (Fsp3) is 0.241. The highest BCUT2D eigenvalue weighted by atomic mass is 35.5. The van der Waals surface area contributed by atoms with Crippen LogP contribution in [0.5, 0.6) is 0 Å². The van der Waals surface area contributed by atoms with Gasteiger partial charge in [-0.2, -0.15) is 5.10 Å². The Balaban J connectivity index is 1.45.